The van der Waals surface area contributed by atoms with Crippen LogP contribution in [-0.2, 0) is 16.2 Å². The van der Waals surface area contributed by atoms with Crippen LogP contribution in [0.2, 0.25) is 5.02 Å². The minimum absolute atomic E-state index is 0.179. The van der Waals surface area contributed by atoms with Gasteiger partial charge in [0.15, 0.2) is 0 Å². The van der Waals surface area contributed by atoms with Crippen molar-refractivity contribution in [3.05, 3.63) is 100 Å². The topological polar surface area (TPSA) is 113 Å². The highest BCUT2D eigenvalue weighted by Crippen LogP contribution is 2.25. The van der Waals surface area contributed by atoms with Crippen LogP contribution in [0.3, 0.4) is 0 Å². The molecule has 0 aromatic heterocycles. The number of benzene rings is 3. The van der Waals surface area contributed by atoms with E-state index in [1.54, 1.807) is 48.5 Å². The van der Waals surface area contributed by atoms with Crippen molar-refractivity contribution in [1.29, 1.82) is 0 Å². The van der Waals surface area contributed by atoms with Gasteiger partial charge in [0.25, 0.3) is 11.8 Å². The van der Waals surface area contributed by atoms with E-state index in [9.17, 15) is 19.2 Å². The van der Waals surface area contributed by atoms with Crippen LogP contribution in [0.1, 0.15) is 21.5 Å². The third kappa shape index (κ3) is 4.97. The summed E-state index contributed by atoms with van der Waals surface area (Å²) >= 11 is 5.98. The standard InChI is InChI=1S/C25H17ClN2O6/c26-18-4-2-5-19(13-18)28-23(30)21(22(29)27-25(28)33)12-16-3-1-6-20(11-16)34-14-15-7-9-17(10-8-15)24(31)32/h1-13H,14H2,(H,31,32)(H,27,29,33)/b21-12-. The smallest absolute Gasteiger partial charge is 0.335 e. The van der Waals surface area contributed by atoms with Gasteiger partial charge in [0.1, 0.15) is 17.9 Å². The monoisotopic (exact) mass is 476 g/mol. The number of hydrogen-bond donors (Lipinski definition) is 2. The van der Waals surface area contributed by atoms with E-state index in [-0.39, 0.29) is 23.4 Å². The molecule has 0 unspecified atom stereocenters. The Bertz CT molecular complexity index is 1330. The van der Waals surface area contributed by atoms with Crippen LogP contribution in [0.4, 0.5) is 10.5 Å². The Morgan fingerprint density at radius 2 is 1.74 bits per heavy atom. The first kappa shape index (κ1) is 22.8. The van der Waals surface area contributed by atoms with Crippen molar-refractivity contribution in [2.75, 3.05) is 4.90 Å². The first-order chi connectivity index (χ1) is 16.3. The summed E-state index contributed by atoms with van der Waals surface area (Å²) in [6, 6.07) is 18.3. The summed E-state index contributed by atoms with van der Waals surface area (Å²) < 4.78 is 5.76. The number of urea groups is 1. The van der Waals surface area contributed by atoms with Gasteiger partial charge in [0.05, 0.1) is 11.3 Å². The number of carboxylic acids is 1. The molecule has 0 saturated carbocycles. The lowest BCUT2D eigenvalue weighted by molar-refractivity contribution is -0.122. The summed E-state index contributed by atoms with van der Waals surface area (Å²) in [6.07, 6.45) is 1.37. The van der Waals surface area contributed by atoms with Crippen LogP contribution < -0.4 is 15.0 Å². The number of rotatable bonds is 6. The fraction of sp³-hybridized carbons (Fsp3) is 0.0400. The molecular formula is C25H17ClN2O6. The highest BCUT2D eigenvalue weighted by molar-refractivity contribution is 6.39. The van der Waals surface area contributed by atoms with E-state index < -0.39 is 23.8 Å². The zero-order valence-corrected chi connectivity index (χ0v) is 18.3. The van der Waals surface area contributed by atoms with Gasteiger partial charge in [-0.2, -0.15) is 0 Å². The van der Waals surface area contributed by atoms with Gasteiger partial charge in [-0.05, 0) is 59.7 Å². The maximum atomic E-state index is 13.0. The average Bonchev–Trinajstić information content (AvgIpc) is 2.81. The molecule has 1 saturated heterocycles. The molecule has 0 radical (unpaired) electrons. The quantitative estimate of drug-likeness (QED) is 0.405. The van der Waals surface area contributed by atoms with Crippen molar-refractivity contribution in [3.63, 3.8) is 0 Å². The van der Waals surface area contributed by atoms with Crippen LogP contribution in [0, 0.1) is 0 Å². The molecule has 2 N–H and O–H groups in total. The van der Waals surface area contributed by atoms with Crippen molar-refractivity contribution in [1.82, 2.24) is 5.32 Å². The molecule has 9 heteroatoms. The number of hydrogen-bond acceptors (Lipinski definition) is 5. The number of carbonyl (C=O) groups excluding carboxylic acids is 3. The third-order valence-electron chi connectivity index (χ3n) is 4.94. The Balaban J connectivity index is 1.54. The molecule has 8 nitrogen and oxygen atoms in total. The van der Waals surface area contributed by atoms with E-state index >= 15 is 0 Å². The molecule has 34 heavy (non-hydrogen) atoms. The molecule has 1 heterocycles. The number of carboxylic acid groups (broad SMARTS) is 1. The molecule has 4 amide bonds. The largest absolute Gasteiger partial charge is 0.489 e. The van der Waals surface area contributed by atoms with Crippen molar-refractivity contribution >= 4 is 47.2 Å². The van der Waals surface area contributed by atoms with E-state index in [2.05, 4.69) is 5.32 Å². The summed E-state index contributed by atoms with van der Waals surface area (Å²) in [5.41, 5.74) is 1.47. The summed E-state index contributed by atoms with van der Waals surface area (Å²) in [5, 5.41) is 11.5. The molecule has 1 fully saturated rings. The van der Waals surface area contributed by atoms with Crippen LogP contribution in [0.15, 0.2) is 78.4 Å². The van der Waals surface area contributed by atoms with E-state index in [4.69, 9.17) is 21.4 Å². The molecule has 170 valence electrons. The Morgan fingerprint density at radius 3 is 2.44 bits per heavy atom. The van der Waals surface area contributed by atoms with Crippen molar-refractivity contribution < 1.29 is 29.0 Å². The highest BCUT2D eigenvalue weighted by atomic mass is 35.5. The molecular weight excluding hydrogens is 460 g/mol. The average molecular weight is 477 g/mol. The fourth-order valence-corrected chi connectivity index (χ4v) is 3.46. The number of imide groups is 2. The van der Waals surface area contributed by atoms with Gasteiger partial charge in [-0.1, -0.05) is 41.9 Å². The van der Waals surface area contributed by atoms with E-state index in [1.165, 1.54) is 30.3 Å². The molecule has 1 aliphatic rings. The fourth-order valence-electron chi connectivity index (χ4n) is 3.28. The number of anilines is 1. The van der Waals surface area contributed by atoms with E-state index in [0.717, 1.165) is 10.5 Å². The van der Waals surface area contributed by atoms with Crippen molar-refractivity contribution in [3.8, 4) is 5.75 Å². The number of nitrogens with one attached hydrogen (secondary N) is 1. The molecule has 0 bridgehead atoms. The second kappa shape index (κ2) is 9.60. The lowest BCUT2D eigenvalue weighted by Crippen LogP contribution is -2.54. The number of nitrogens with zero attached hydrogens (tertiary/aromatic N) is 1. The predicted molar refractivity (Wildman–Crippen MR) is 125 cm³/mol. The summed E-state index contributed by atoms with van der Waals surface area (Å²) in [5.74, 6) is -2.12. The number of ether oxygens (including phenoxy) is 1. The number of carbonyl (C=O) groups is 4. The zero-order chi connectivity index (χ0) is 24.2. The van der Waals surface area contributed by atoms with Crippen molar-refractivity contribution in [2.24, 2.45) is 0 Å². The van der Waals surface area contributed by atoms with Gasteiger partial charge in [0.2, 0.25) is 0 Å². The molecule has 3 aromatic rings. The second-order valence-corrected chi connectivity index (χ2v) is 7.74. The first-order valence-electron chi connectivity index (χ1n) is 10.0. The predicted octanol–water partition coefficient (Wildman–Crippen LogP) is 4.28. The Kier molecular flexibility index (Phi) is 6.42. The number of amides is 4. The third-order valence-corrected chi connectivity index (χ3v) is 5.18. The van der Waals surface area contributed by atoms with Gasteiger partial charge < -0.3 is 9.84 Å². The number of halogens is 1. The lowest BCUT2D eigenvalue weighted by atomic mass is 10.1. The SMILES string of the molecule is O=C1NC(=O)N(c2cccc(Cl)c2)C(=O)/C1=C\c1cccc(OCc2ccc(C(=O)O)cc2)c1. The summed E-state index contributed by atoms with van der Waals surface area (Å²) in [7, 11) is 0. The molecule has 0 aliphatic carbocycles. The van der Waals surface area contributed by atoms with Crippen molar-refractivity contribution in [2.45, 2.75) is 6.61 Å². The lowest BCUT2D eigenvalue weighted by Gasteiger charge is -2.26. The van der Waals surface area contributed by atoms with Crippen LogP contribution >= 0.6 is 11.6 Å². The first-order valence-corrected chi connectivity index (χ1v) is 10.4. The maximum Gasteiger partial charge on any atom is 0.335 e. The normalized spacial score (nSPS) is 14.8. The van der Waals surface area contributed by atoms with Crippen LogP contribution in [0.5, 0.6) is 5.75 Å². The second-order valence-electron chi connectivity index (χ2n) is 7.30. The Morgan fingerprint density at radius 1 is 1.00 bits per heavy atom. The molecule has 3 aromatic carbocycles. The number of barbiturate groups is 1. The van der Waals surface area contributed by atoms with Gasteiger partial charge >= 0.3 is 12.0 Å². The van der Waals surface area contributed by atoms with Crippen LogP contribution in [-0.4, -0.2) is 28.9 Å². The van der Waals surface area contributed by atoms with Gasteiger partial charge in [-0.15, -0.1) is 0 Å². The Labute approximate surface area is 199 Å². The molecule has 0 spiro atoms. The maximum absolute atomic E-state index is 13.0. The number of aromatic carboxylic acids is 1. The van der Waals surface area contributed by atoms with Gasteiger partial charge in [-0.3, -0.25) is 14.9 Å². The molecule has 0 atom stereocenters. The summed E-state index contributed by atoms with van der Waals surface area (Å²) in [4.78, 5) is 49.5. The van der Waals surface area contributed by atoms with E-state index in [1.807, 2.05) is 0 Å². The molecule has 1 aliphatic heterocycles. The minimum atomic E-state index is -1.01. The molecule has 4 rings (SSSR count). The van der Waals surface area contributed by atoms with Gasteiger partial charge in [0, 0.05) is 5.02 Å². The van der Waals surface area contributed by atoms with E-state index in [0.29, 0.717) is 16.3 Å². The highest BCUT2D eigenvalue weighted by Gasteiger charge is 2.36. The summed E-state index contributed by atoms with van der Waals surface area (Å²) in [6.45, 7) is 0.191. The zero-order valence-electron chi connectivity index (χ0n) is 17.5. The van der Waals surface area contributed by atoms with Crippen LogP contribution in [0.25, 0.3) is 6.08 Å². The Hall–Kier alpha value is -4.43. The van der Waals surface area contributed by atoms with Gasteiger partial charge in [-0.25, -0.2) is 14.5 Å². The minimum Gasteiger partial charge on any atom is -0.489 e.